The van der Waals surface area contributed by atoms with Gasteiger partial charge in [0.15, 0.2) is 0 Å². The van der Waals surface area contributed by atoms with Crippen molar-refractivity contribution in [1.29, 1.82) is 0 Å². The number of rotatable bonds is 5. The van der Waals surface area contributed by atoms with Crippen LogP contribution in [0.1, 0.15) is 25.3 Å². The zero-order valence-corrected chi connectivity index (χ0v) is 16.8. The lowest BCUT2D eigenvalue weighted by atomic mass is 10.0. The highest BCUT2D eigenvalue weighted by atomic mass is 32.2. The van der Waals surface area contributed by atoms with E-state index in [1.165, 1.54) is 30.3 Å². The van der Waals surface area contributed by atoms with Crippen LogP contribution in [0, 0.1) is 11.6 Å². The normalized spacial score (nSPS) is 16.1. The first-order valence-electron chi connectivity index (χ1n) is 9.25. The third-order valence-electron chi connectivity index (χ3n) is 4.89. The minimum absolute atomic E-state index is 0.00950. The molecule has 1 N–H and O–H groups in total. The Kier molecular flexibility index (Phi) is 6.44. The van der Waals surface area contributed by atoms with Gasteiger partial charge in [-0.15, -0.1) is 0 Å². The first kappa shape index (κ1) is 21.1. The van der Waals surface area contributed by atoms with Crippen molar-refractivity contribution in [2.75, 3.05) is 13.1 Å². The van der Waals surface area contributed by atoms with Crippen molar-refractivity contribution in [3.63, 3.8) is 0 Å². The van der Waals surface area contributed by atoms with E-state index < -0.39 is 15.8 Å². The van der Waals surface area contributed by atoms with Crippen LogP contribution in [-0.4, -0.2) is 38.4 Å². The van der Waals surface area contributed by atoms with Gasteiger partial charge < -0.3 is 4.90 Å². The van der Waals surface area contributed by atoms with Gasteiger partial charge in [-0.1, -0.05) is 12.1 Å². The van der Waals surface area contributed by atoms with Gasteiger partial charge in [-0.2, -0.15) is 0 Å². The molecular formula is C21H22F2N2O3S. The molecule has 29 heavy (non-hydrogen) atoms. The smallest absolute Gasteiger partial charge is 0.246 e. The first-order valence-corrected chi connectivity index (χ1v) is 10.7. The second-order valence-electron chi connectivity index (χ2n) is 7.01. The Morgan fingerprint density at radius 3 is 2.07 bits per heavy atom. The lowest BCUT2D eigenvalue weighted by Crippen LogP contribution is -2.46. The number of allylic oxidation sites excluding steroid dienone is 1. The summed E-state index contributed by atoms with van der Waals surface area (Å²) in [6.07, 6.45) is 2.47. The van der Waals surface area contributed by atoms with E-state index >= 15 is 0 Å². The van der Waals surface area contributed by atoms with Crippen LogP contribution in [-0.2, 0) is 14.8 Å². The number of sulfonamides is 1. The molecule has 5 nitrogen and oxygen atoms in total. The van der Waals surface area contributed by atoms with Crippen LogP contribution >= 0.6 is 0 Å². The van der Waals surface area contributed by atoms with E-state index in [9.17, 15) is 22.0 Å². The topological polar surface area (TPSA) is 66.5 Å². The Hall–Kier alpha value is -2.58. The van der Waals surface area contributed by atoms with Gasteiger partial charge in [0.1, 0.15) is 11.6 Å². The van der Waals surface area contributed by atoms with Crippen LogP contribution in [0.5, 0.6) is 0 Å². The number of nitrogens with one attached hydrogen (secondary N) is 1. The molecule has 0 atom stereocenters. The second kappa shape index (κ2) is 8.84. The van der Waals surface area contributed by atoms with Crippen molar-refractivity contribution < 1.29 is 22.0 Å². The number of benzene rings is 2. The predicted molar refractivity (Wildman–Crippen MR) is 106 cm³/mol. The number of carbonyl (C=O) groups is 1. The van der Waals surface area contributed by atoms with Gasteiger partial charge in [-0.3, -0.25) is 4.79 Å². The van der Waals surface area contributed by atoms with E-state index in [1.807, 2.05) is 0 Å². The fourth-order valence-electron chi connectivity index (χ4n) is 3.19. The Morgan fingerprint density at radius 2 is 1.52 bits per heavy atom. The summed E-state index contributed by atoms with van der Waals surface area (Å²) in [6, 6.07) is 10.3. The van der Waals surface area contributed by atoms with E-state index in [2.05, 4.69) is 4.72 Å². The summed E-state index contributed by atoms with van der Waals surface area (Å²) < 4.78 is 53.4. The Labute approximate surface area is 169 Å². The Balaban J connectivity index is 1.57. The summed E-state index contributed by atoms with van der Waals surface area (Å²) in [5.74, 6) is -0.996. The van der Waals surface area contributed by atoms with Crippen LogP contribution in [0.4, 0.5) is 8.78 Å². The van der Waals surface area contributed by atoms with Crippen LogP contribution in [0.2, 0.25) is 0 Å². The maximum atomic E-state index is 13.0. The van der Waals surface area contributed by atoms with Gasteiger partial charge in [-0.25, -0.2) is 21.9 Å². The second-order valence-corrected chi connectivity index (χ2v) is 8.72. The SMILES string of the molecule is C/C(=C\C(=O)N1CCC(NS(=O)(=O)c2ccc(F)cc2)CC1)c1ccc(F)cc1. The maximum Gasteiger partial charge on any atom is 0.246 e. The molecule has 0 unspecified atom stereocenters. The molecule has 1 heterocycles. The van der Waals surface area contributed by atoms with Gasteiger partial charge in [0, 0.05) is 25.2 Å². The summed E-state index contributed by atoms with van der Waals surface area (Å²) in [5, 5.41) is 0. The van der Waals surface area contributed by atoms with E-state index in [4.69, 9.17) is 0 Å². The summed E-state index contributed by atoms with van der Waals surface area (Å²) in [7, 11) is -3.74. The minimum atomic E-state index is -3.74. The fourth-order valence-corrected chi connectivity index (χ4v) is 4.50. The lowest BCUT2D eigenvalue weighted by molar-refractivity contribution is -0.127. The highest BCUT2D eigenvalue weighted by Crippen LogP contribution is 2.18. The molecular weight excluding hydrogens is 398 g/mol. The molecule has 1 amide bonds. The number of piperidine rings is 1. The van der Waals surface area contributed by atoms with E-state index in [-0.39, 0.29) is 22.7 Å². The molecule has 2 aromatic rings. The lowest BCUT2D eigenvalue weighted by Gasteiger charge is -2.31. The molecule has 0 bridgehead atoms. The van der Waals surface area contributed by atoms with Crippen molar-refractivity contribution in [2.45, 2.75) is 30.7 Å². The molecule has 0 radical (unpaired) electrons. The molecule has 0 aliphatic carbocycles. The Morgan fingerprint density at radius 1 is 1.00 bits per heavy atom. The molecule has 0 spiro atoms. The molecule has 1 aliphatic heterocycles. The summed E-state index contributed by atoms with van der Waals surface area (Å²) in [4.78, 5) is 14.2. The van der Waals surface area contributed by atoms with E-state index in [1.54, 1.807) is 24.0 Å². The summed E-state index contributed by atoms with van der Waals surface area (Å²) in [5.41, 5.74) is 1.50. The highest BCUT2D eigenvalue weighted by Gasteiger charge is 2.26. The molecule has 1 aliphatic rings. The number of likely N-dealkylation sites (tertiary alicyclic amines) is 1. The summed E-state index contributed by atoms with van der Waals surface area (Å²) >= 11 is 0. The number of carbonyl (C=O) groups excluding carboxylic acids is 1. The van der Waals surface area contributed by atoms with Gasteiger partial charge in [-0.05, 0) is 67.3 Å². The largest absolute Gasteiger partial charge is 0.339 e. The van der Waals surface area contributed by atoms with Crippen molar-refractivity contribution in [3.8, 4) is 0 Å². The molecule has 3 rings (SSSR count). The van der Waals surface area contributed by atoms with Gasteiger partial charge in [0.2, 0.25) is 15.9 Å². The summed E-state index contributed by atoms with van der Waals surface area (Å²) in [6.45, 7) is 2.62. The molecule has 1 saturated heterocycles. The third-order valence-corrected chi connectivity index (χ3v) is 6.43. The Bertz CT molecular complexity index is 995. The highest BCUT2D eigenvalue weighted by molar-refractivity contribution is 7.89. The van der Waals surface area contributed by atoms with E-state index in [0.29, 0.717) is 25.9 Å². The van der Waals surface area contributed by atoms with Gasteiger partial charge >= 0.3 is 0 Å². The third kappa shape index (κ3) is 5.48. The maximum absolute atomic E-state index is 13.0. The van der Waals surface area contributed by atoms with Crippen molar-refractivity contribution in [3.05, 3.63) is 71.8 Å². The molecule has 8 heteroatoms. The van der Waals surface area contributed by atoms with Crippen molar-refractivity contribution in [2.24, 2.45) is 0 Å². The minimum Gasteiger partial charge on any atom is -0.339 e. The van der Waals surface area contributed by atoms with Gasteiger partial charge in [0.25, 0.3) is 0 Å². The number of amides is 1. The quantitative estimate of drug-likeness (QED) is 0.755. The molecule has 0 saturated carbocycles. The van der Waals surface area contributed by atoms with Crippen LogP contribution in [0.25, 0.3) is 5.57 Å². The van der Waals surface area contributed by atoms with Crippen LogP contribution in [0.15, 0.2) is 59.5 Å². The molecule has 2 aromatic carbocycles. The zero-order chi connectivity index (χ0) is 21.0. The number of nitrogens with zero attached hydrogens (tertiary/aromatic N) is 1. The monoisotopic (exact) mass is 420 g/mol. The van der Waals surface area contributed by atoms with Crippen molar-refractivity contribution >= 4 is 21.5 Å². The van der Waals surface area contributed by atoms with Crippen LogP contribution in [0.3, 0.4) is 0 Å². The standard InChI is InChI=1S/C21H22F2N2O3S/c1-15(16-2-4-17(22)5-3-16)14-21(26)25-12-10-19(11-13-25)24-29(27,28)20-8-6-18(23)7-9-20/h2-9,14,19,24H,10-13H2,1H3/b15-14+. The zero-order valence-electron chi connectivity index (χ0n) is 15.9. The molecule has 0 aromatic heterocycles. The number of halogens is 2. The number of hydrogen-bond donors (Lipinski definition) is 1. The first-order chi connectivity index (χ1) is 13.7. The average molecular weight is 420 g/mol. The predicted octanol–water partition coefficient (Wildman–Crippen LogP) is 3.34. The molecule has 1 fully saturated rings. The van der Waals surface area contributed by atoms with E-state index in [0.717, 1.165) is 23.3 Å². The number of hydrogen-bond acceptors (Lipinski definition) is 3. The molecule has 154 valence electrons. The van der Waals surface area contributed by atoms with Gasteiger partial charge in [0.05, 0.1) is 4.90 Å². The average Bonchev–Trinajstić information content (AvgIpc) is 2.69. The fraction of sp³-hybridized carbons (Fsp3) is 0.286. The van der Waals surface area contributed by atoms with Crippen molar-refractivity contribution in [1.82, 2.24) is 9.62 Å². The van der Waals surface area contributed by atoms with Crippen LogP contribution < -0.4 is 4.72 Å².